The quantitative estimate of drug-likeness (QED) is 0.809. The van der Waals surface area contributed by atoms with Gasteiger partial charge in [-0.05, 0) is 19.9 Å². The fourth-order valence-electron chi connectivity index (χ4n) is 1.39. The molecule has 0 aliphatic rings. The molecule has 0 heterocycles. The van der Waals surface area contributed by atoms with Gasteiger partial charge in [-0.3, -0.25) is 4.79 Å². The van der Waals surface area contributed by atoms with Crippen LogP contribution in [0.4, 0.5) is 0 Å². The molecule has 0 saturated carbocycles. The molecule has 100 valence electrons. The van der Waals surface area contributed by atoms with Crippen LogP contribution in [0.1, 0.15) is 30.6 Å². The molecule has 0 atom stereocenters. The summed E-state index contributed by atoms with van der Waals surface area (Å²) in [5, 5.41) is 10.00. The average Bonchev–Trinajstić information content (AvgIpc) is 2.28. The van der Waals surface area contributed by atoms with Crippen LogP contribution in [-0.4, -0.2) is 30.7 Å². The minimum atomic E-state index is -0.818. The molecule has 1 aromatic rings. The van der Waals surface area contributed by atoms with Gasteiger partial charge in [-0.15, -0.1) is 0 Å². The number of carbonyl (C=O) groups is 1. The van der Waals surface area contributed by atoms with Gasteiger partial charge in [0.05, 0.1) is 24.9 Å². The Balaban J connectivity index is 2.89. The van der Waals surface area contributed by atoms with Crippen molar-refractivity contribution in [2.45, 2.75) is 25.9 Å². The number of halogens is 1. The number of hydrogen-bond donors (Lipinski definition) is 1. The molecular formula is C13H17ClO4. The van der Waals surface area contributed by atoms with E-state index in [9.17, 15) is 9.90 Å². The van der Waals surface area contributed by atoms with Crippen molar-refractivity contribution in [3.8, 4) is 11.5 Å². The van der Waals surface area contributed by atoms with E-state index in [-0.39, 0.29) is 6.61 Å². The summed E-state index contributed by atoms with van der Waals surface area (Å²) in [5.74, 6) is 0.751. The van der Waals surface area contributed by atoms with E-state index >= 15 is 0 Å². The van der Waals surface area contributed by atoms with Crippen molar-refractivity contribution in [3.63, 3.8) is 0 Å². The highest BCUT2D eigenvalue weighted by Gasteiger charge is 2.16. The van der Waals surface area contributed by atoms with Gasteiger partial charge < -0.3 is 14.6 Å². The molecule has 0 aliphatic heterocycles. The van der Waals surface area contributed by atoms with Crippen molar-refractivity contribution >= 4 is 17.9 Å². The van der Waals surface area contributed by atoms with E-state index in [0.29, 0.717) is 34.8 Å². The minimum absolute atomic E-state index is 0.280. The lowest BCUT2D eigenvalue weighted by molar-refractivity contribution is 0.0548. The zero-order chi connectivity index (χ0) is 13.8. The number of rotatable bonds is 6. The van der Waals surface area contributed by atoms with E-state index in [2.05, 4.69) is 0 Å². The van der Waals surface area contributed by atoms with Crippen LogP contribution >= 0.6 is 11.6 Å². The molecule has 0 aromatic heterocycles. The minimum Gasteiger partial charge on any atom is -0.493 e. The lowest BCUT2D eigenvalue weighted by atomic mass is 10.1. The summed E-state index contributed by atoms with van der Waals surface area (Å²) in [6.07, 6.45) is 1.10. The number of ether oxygens (including phenoxy) is 2. The first kappa shape index (κ1) is 14.8. The maximum Gasteiger partial charge on any atom is 0.171 e. The van der Waals surface area contributed by atoms with E-state index in [1.807, 2.05) is 0 Å². The number of methoxy groups -OCH3 is 1. The van der Waals surface area contributed by atoms with Crippen LogP contribution in [0, 0.1) is 0 Å². The smallest absolute Gasteiger partial charge is 0.171 e. The summed E-state index contributed by atoms with van der Waals surface area (Å²) < 4.78 is 10.6. The molecule has 0 aliphatic carbocycles. The molecule has 1 aromatic carbocycles. The van der Waals surface area contributed by atoms with Gasteiger partial charge in [0.1, 0.15) is 0 Å². The highest BCUT2D eigenvalue weighted by Crippen LogP contribution is 2.34. The molecule has 0 bridgehead atoms. The second-order valence-corrected chi connectivity index (χ2v) is 4.99. The number of aliphatic hydroxyl groups is 1. The molecule has 0 radical (unpaired) electrons. The summed E-state index contributed by atoms with van der Waals surface area (Å²) >= 11 is 5.85. The van der Waals surface area contributed by atoms with Crippen molar-refractivity contribution in [1.29, 1.82) is 0 Å². The van der Waals surface area contributed by atoms with Crippen LogP contribution in [0.5, 0.6) is 11.5 Å². The molecule has 0 spiro atoms. The van der Waals surface area contributed by atoms with Gasteiger partial charge in [0.15, 0.2) is 17.8 Å². The molecule has 0 unspecified atom stereocenters. The van der Waals surface area contributed by atoms with E-state index in [1.165, 1.54) is 13.2 Å². The third-order valence-electron chi connectivity index (χ3n) is 2.36. The maximum atomic E-state index is 11.0. The molecule has 18 heavy (non-hydrogen) atoms. The molecule has 0 saturated heterocycles. The highest BCUT2D eigenvalue weighted by atomic mass is 35.5. The third kappa shape index (κ3) is 4.20. The van der Waals surface area contributed by atoms with Gasteiger partial charge in [0.2, 0.25) is 0 Å². The van der Waals surface area contributed by atoms with Gasteiger partial charge >= 0.3 is 0 Å². The SMILES string of the molecule is COc1cc(Cl)cc(C=O)c1OCCC(C)(C)O. The zero-order valence-corrected chi connectivity index (χ0v) is 11.5. The molecule has 4 nitrogen and oxygen atoms in total. The lowest BCUT2D eigenvalue weighted by Crippen LogP contribution is -2.22. The summed E-state index contributed by atoms with van der Waals surface area (Å²) in [5.41, 5.74) is -0.490. The van der Waals surface area contributed by atoms with E-state index in [4.69, 9.17) is 21.1 Å². The highest BCUT2D eigenvalue weighted by molar-refractivity contribution is 6.31. The topological polar surface area (TPSA) is 55.8 Å². The summed E-state index contributed by atoms with van der Waals surface area (Å²) in [7, 11) is 1.48. The number of benzene rings is 1. The van der Waals surface area contributed by atoms with Gasteiger partial charge in [-0.25, -0.2) is 0 Å². The Morgan fingerprint density at radius 2 is 2.11 bits per heavy atom. The van der Waals surface area contributed by atoms with Gasteiger partial charge in [0.25, 0.3) is 0 Å². The number of carbonyl (C=O) groups excluding carboxylic acids is 1. The van der Waals surface area contributed by atoms with Gasteiger partial charge in [-0.1, -0.05) is 11.6 Å². The van der Waals surface area contributed by atoms with E-state index in [1.54, 1.807) is 19.9 Å². The molecule has 1 N–H and O–H groups in total. The second-order valence-electron chi connectivity index (χ2n) is 4.56. The fraction of sp³-hybridized carbons (Fsp3) is 0.462. The first-order valence-electron chi connectivity index (χ1n) is 5.55. The van der Waals surface area contributed by atoms with Crippen LogP contribution < -0.4 is 9.47 Å². The third-order valence-corrected chi connectivity index (χ3v) is 2.57. The Kier molecular flexibility index (Phi) is 4.99. The monoisotopic (exact) mass is 272 g/mol. The normalized spacial score (nSPS) is 11.2. The summed E-state index contributed by atoms with van der Waals surface area (Å²) in [6.45, 7) is 3.66. The van der Waals surface area contributed by atoms with E-state index in [0.717, 1.165) is 0 Å². The Hall–Kier alpha value is -1.26. The summed E-state index contributed by atoms with van der Waals surface area (Å²) in [4.78, 5) is 11.0. The van der Waals surface area contributed by atoms with Crippen molar-refractivity contribution in [2.75, 3.05) is 13.7 Å². The first-order chi connectivity index (χ1) is 8.37. The second kappa shape index (κ2) is 6.07. The van der Waals surface area contributed by atoms with Crippen LogP contribution in [0.2, 0.25) is 5.02 Å². The van der Waals surface area contributed by atoms with Crippen molar-refractivity contribution < 1.29 is 19.4 Å². The first-order valence-corrected chi connectivity index (χ1v) is 5.93. The maximum absolute atomic E-state index is 11.0. The number of aldehydes is 1. The van der Waals surface area contributed by atoms with E-state index < -0.39 is 5.60 Å². The van der Waals surface area contributed by atoms with Gasteiger partial charge in [-0.2, -0.15) is 0 Å². The average molecular weight is 273 g/mol. The zero-order valence-electron chi connectivity index (χ0n) is 10.7. The Morgan fingerprint density at radius 1 is 1.44 bits per heavy atom. The molecule has 5 heteroatoms. The Morgan fingerprint density at radius 3 is 2.61 bits per heavy atom. The molecule has 1 rings (SSSR count). The largest absolute Gasteiger partial charge is 0.493 e. The Bertz CT molecular complexity index is 424. The molecule has 0 amide bonds. The van der Waals surface area contributed by atoms with Gasteiger partial charge in [0, 0.05) is 17.5 Å². The van der Waals surface area contributed by atoms with Crippen molar-refractivity contribution in [3.05, 3.63) is 22.7 Å². The number of hydrogen-bond acceptors (Lipinski definition) is 4. The molecule has 0 fully saturated rings. The fourth-order valence-corrected chi connectivity index (χ4v) is 1.60. The van der Waals surface area contributed by atoms with Crippen LogP contribution in [0.15, 0.2) is 12.1 Å². The standard InChI is InChI=1S/C13H17ClO4/c1-13(2,16)4-5-18-12-9(8-15)6-10(14)7-11(12)17-3/h6-8,16H,4-5H2,1-3H3. The lowest BCUT2D eigenvalue weighted by Gasteiger charge is -2.18. The van der Waals surface area contributed by atoms with Crippen LogP contribution in [-0.2, 0) is 0 Å². The van der Waals surface area contributed by atoms with Crippen molar-refractivity contribution in [1.82, 2.24) is 0 Å². The predicted octanol–water partition coefficient (Wildman–Crippen LogP) is 2.70. The van der Waals surface area contributed by atoms with Crippen LogP contribution in [0.3, 0.4) is 0 Å². The van der Waals surface area contributed by atoms with Crippen LogP contribution in [0.25, 0.3) is 0 Å². The van der Waals surface area contributed by atoms with Crippen molar-refractivity contribution in [2.24, 2.45) is 0 Å². The Labute approximate surface area is 111 Å². The summed E-state index contributed by atoms with van der Waals surface area (Å²) in [6, 6.07) is 3.09. The molecular weight excluding hydrogens is 256 g/mol. The predicted molar refractivity (Wildman–Crippen MR) is 69.8 cm³/mol.